The van der Waals surface area contributed by atoms with Crippen LogP contribution < -0.4 is 0 Å². The minimum atomic E-state index is -0.0721. The van der Waals surface area contributed by atoms with Gasteiger partial charge in [0.1, 0.15) is 0 Å². The monoisotopic (exact) mass is 246 g/mol. The van der Waals surface area contributed by atoms with Crippen molar-refractivity contribution in [1.82, 2.24) is 0 Å². The second-order valence-corrected chi connectivity index (χ2v) is 16.8. The van der Waals surface area contributed by atoms with Crippen LogP contribution in [0.25, 0.3) is 0 Å². The summed E-state index contributed by atoms with van der Waals surface area (Å²) < 4.78 is 1.62. The van der Waals surface area contributed by atoms with Crippen molar-refractivity contribution in [3.8, 4) is 0 Å². The van der Waals surface area contributed by atoms with Gasteiger partial charge >= 0.3 is 63.8 Å². The van der Waals surface area contributed by atoms with E-state index in [0.717, 1.165) is 0 Å². The van der Waals surface area contributed by atoms with Crippen LogP contribution in [0.1, 0.15) is 19.8 Å². The van der Waals surface area contributed by atoms with Gasteiger partial charge in [-0.05, 0) is 0 Å². The van der Waals surface area contributed by atoms with Gasteiger partial charge in [0.25, 0.3) is 0 Å². The van der Waals surface area contributed by atoms with Crippen LogP contribution in [0.5, 0.6) is 0 Å². The van der Waals surface area contributed by atoms with E-state index in [9.17, 15) is 0 Å². The maximum atomic E-state index is 2.48. The van der Waals surface area contributed by atoms with Crippen molar-refractivity contribution in [2.45, 2.75) is 37.3 Å². The summed E-state index contributed by atoms with van der Waals surface area (Å²) in [6.07, 6.45) is 2.84. The van der Waals surface area contributed by atoms with Crippen molar-refractivity contribution < 1.29 is 0 Å². The van der Waals surface area contributed by atoms with Crippen LogP contribution in [0.15, 0.2) is 0 Å². The molecular weight excluding hydrogens is 228 g/mol. The molecule has 0 saturated heterocycles. The molecule has 0 saturated carbocycles. The Morgan fingerprint density at radius 3 is 2.38 bits per heavy atom. The van der Waals surface area contributed by atoms with Crippen LogP contribution in [0.2, 0.25) is 17.6 Å². The van der Waals surface area contributed by atoms with E-state index < -0.39 is 0 Å². The van der Waals surface area contributed by atoms with Gasteiger partial charge in [0, 0.05) is 0 Å². The van der Waals surface area contributed by atoms with Gasteiger partial charge in [-0.3, -0.25) is 0 Å². The Hall–Kier alpha value is 1.01. The average molecular weight is 244 g/mol. The summed E-state index contributed by atoms with van der Waals surface area (Å²) in [5.41, 5.74) is 0. The SMILES string of the molecule is CCCC[Te][SiH](C)C. The van der Waals surface area contributed by atoms with Crippen molar-refractivity contribution in [3.05, 3.63) is 0 Å². The fourth-order valence-electron chi connectivity index (χ4n) is 0.463. The van der Waals surface area contributed by atoms with Crippen molar-refractivity contribution >= 4 is 26.5 Å². The molecule has 0 bridgehead atoms. The second-order valence-electron chi connectivity index (χ2n) is 2.27. The molecule has 0 radical (unpaired) electrons. The molecule has 8 heavy (non-hydrogen) atoms. The summed E-state index contributed by atoms with van der Waals surface area (Å²) >= 11 is 0.543. The van der Waals surface area contributed by atoms with E-state index in [0.29, 0.717) is 20.1 Å². The third kappa shape index (κ3) is 7.01. The first-order valence-corrected chi connectivity index (χ1v) is 11.9. The fourth-order valence-corrected chi connectivity index (χ4v) is 7.39. The zero-order valence-electron chi connectivity index (χ0n) is 6.11. The number of hydrogen-bond acceptors (Lipinski definition) is 0. The van der Waals surface area contributed by atoms with Crippen LogP contribution >= 0.6 is 0 Å². The summed E-state index contributed by atoms with van der Waals surface area (Å²) in [5.74, 6) is 0. The van der Waals surface area contributed by atoms with Gasteiger partial charge in [-0.1, -0.05) is 0 Å². The van der Waals surface area contributed by atoms with E-state index in [1.54, 1.807) is 4.47 Å². The first-order chi connectivity index (χ1) is 3.77. The number of rotatable bonds is 4. The van der Waals surface area contributed by atoms with Gasteiger partial charge in [-0.2, -0.15) is 0 Å². The number of unbranched alkanes of at least 4 members (excludes halogenated alkanes) is 1. The summed E-state index contributed by atoms with van der Waals surface area (Å²) in [6.45, 7) is 7.25. The molecule has 0 unspecified atom stereocenters. The molecule has 0 nitrogen and oxygen atoms in total. The molecule has 0 aliphatic carbocycles. The molecule has 0 fully saturated rings. The van der Waals surface area contributed by atoms with Gasteiger partial charge < -0.3 is 0 Å². The molecule has 0 amide bonds. The standard InChI is InChI=1S/C6H16SiTe/c1-4-5-6-8-7(2)3/h7H,4-6H2,1-3H3. The Labute approximate surface area is 63.8 Å². The summed E-state index contributed by atoms with van der Waals surface area (Å²) in [6, 6.07) is 0. The number of hydrogen-bond donors (Lipinski definition) is 0. The summed E-state index contributed by atoms with van der Waals surface area (Å²) in [4.78, 5) is 0. The molecule has 0 heterocycles. The predicted octanol–water partition coefficient (Wildman–Crippen LogP) is 1.89. The van der Waals surface area contributed by atoms with Gasteiger partial charge in [-0.15, -0.1) is 0 Å². The third-order valence-electron chi connectivity index (χ3n) is 0.949. The molecule has 0 atom stereocenters. The van der Waals surface area contributed by atoms with E-state index in [4.69, 9.17) is 0 Å². The maximum absolute atomic E-state index is 2.48. The first kappa shape index (κ1) is 9.01. The molecule has 0 spiro atoms. The van der Waals surface area contributed by atoms with Crippen LogP contribution in [-0.2, 0) is 0 Å². The average Bonchev–Trinajstić information content (AvgIpc) is 1.66. The molecule has 0 rings (SSSR count). The third-order valence-corrected chi connectivity index (χ3v) is 10.4. The normalized spacial score (nSPS) is 10.5. The Kier molecular flexibility index (Phi) is 6.90. The van der Waals surface area contributed by atoms with Gasteiger partial charge in [0.05, 0.1) is 0 Å². The van der Waals surface area contributed by atoms with E-state index in [1.807, 2.05) is 0 Å². The van der Waals surface area contributed by atoms with Crippen LogP contribution in [0, 0.1) is 0 Å². The van der Waals surface area contributed by atoms with E-state index in [2.05, 4.69) is 20.0 Å². The zero-order valence-corrected chi connectivity index (χ0v) is 9.59. The van der Waals surface area contributed by atoms with E-state index in [1.165, 1.54) is 12.8 Å². The van der Waals surface area contributed by atoms with Crippen molar-refractivity contribution in [2.75, 3.05) is 0 Å². The van der Waals surface area contributed by atoms with Gasteiger partial charge in [0.15, 0.2) is 0 Å². The molecule has 50 valence electrons. The Morgan fingerprint density at radius 1 is 1.38 bits per heavy atom. The molecule has 0 aliphatic heterocycles. The molecular formula is C6H16SiTe. The van der Waals surface area contributed by atoms with Crippen LogP contribution in [0.3, 0.4) is 0 Å². The van der Waals surface area contributed by atoms with Crippen molar-refractivity contribution in [2.24, 2.45) is 0 Å². The summed E-state index contributed by atoms with van der Waals surface area (Å²) in [7, 11) is 0. The molecule has 0 aromatic rings. The zero-order chi connectivity index (χ0) is 6.41. The molecule has 0 N–H and O–H groups in total. The Morgan fingerprint density at radius 2 is 2.00 bits per heavy atom. The Balaban J connectivity index is 2.72. The van der Waals surface area contributed by atoms with Gasteiger partial charge in [-0.25, -0.2) is 0 Å². The topological polar surface area (TPSA) is 0 Å². The fraction of sp³-hybridized carbons (Fsp3) is 1.00. The minimum absolute atomic E-state index is 0.0721. The van der Waals surface area contributed by atoms with Gasteiger partial charge in [0.2, 0.25) is 0 Å². The van der Waals surface area contributed by atoms with Crippen molar-refractivity contribution in [1.29, 1.82) is 0 Å². The van der Waals surface area contributed by atoms with Crippen LogP contribution in [0.4, 0.5) is 0 Å². The van der Waals surface area contributed by atoms with Crippen LogP contribution in [-0.4, -0.2) is 26.5 Å². The summed E-state index contributed by atoms with van der Waals surface area (Å²) in [5, 5.41) is 0. The van der Waals surface area contributed by atoms with E-state index in [-0.39, 0.29) is 6.34 Å². The molecule has 0 aromatic carbocycles. The molecule has 0 aliphatic rings. The predicted molar refractivity (Wildman–Crippen MR) is 44.3 cm³/mol. The molecule has 2 heteroatoms. The quantitative estimate of drug-likeness (QED) is 0.523. The van der Waals surface area contributed by atoms with E-state index >= 15 is 0 Å². The molecule has 0 aromatic heterocycles. The van der Waals surface area contributed by atoms with Crippen molar-refractivity contribution in [3.63, 3.8) is 0 Å². The first-order valence-electron chi connectivity index (χ1n) is 3.39. The Bertz CT molecular complexity index is 45.8. The second kappa shape index (κ2) is 6.13.